The Balaban J connectivity index is 1.68. The molecule has 3 nitrogen and oxygen atoms in total. The molecule has 0 spiro atoms. The van der Waals surface area contributed by atoms with Crippen molar-refractivity contribution in [2.45, 2.75) is 33.6 Å². The summed E-state index contributed by atoms with van der Waals surface area (Å²) in [6.45, 7) is 6.74. The Morgan fingerprint density at radius 1 is 1.29 bits per heavy atom. The smallest absolute Gasteiger partial charge is 0.338 e. The molecule has 1 N–H and O–H groups in total. The molecule has 1 aromatic rings. The second kappa shape index (κ2) is 4.58. The summed E-state index contributed by atoms with van der Waals surface area (Å²) in [6, 6.07) is 5.33. The SMILES string of the molecule is CC12CCC(C=C1NOC(=O)c1ccc(F)cc1)C2(C)C. The summed E-state index contributed by atoms with van der Waals surface area (Å²) in [5.74, 6) is -0.348. The first-order valence-corrected chi connectivity index (χ1v) is 7.30. The monoisotopic (exact) mass is 289 g/mol. The fraction of sp³-hybridized carbons (Fsp3) is 0.471. The largest absolute Gasteiger partial charge is 0.362 e. The number of carbonyl (C=O) groups excluding carboxylic acids is 1. The minimum atomic E-state index is -0.500. The van der Waals surface area contributed by atoms with Crippen LogP contribution in [0.3, 0.4) is 0 Å². The lowest BCUT2D eigenvalue weighted by atomic mass is 9.69. The quantitative estimate of drug-likeness (QED) is 0.859. The highest BCUT2D eigenvalue weighted by Gasteiger charge is 2.57. The summed E-state index contributed by atoms with van der Waals surface area (Å²) < 4.78 is 12.8. The minimum Gasteiger partial charge on any atom is -0.338 e. The van der Waals surface area contributed by atoms with Gasteiger partial charge in [0, 0.05) is 5.41 Å². The van der Waals surface area contributed by atoms with Crippen LogP contribution in [-0.2, 0) is 4.84 Å². The Morgan fingerprint density at radius 2 is 1.95 bits per heavy atom. The van der Waals surface area contributed by atoms with Gasteiger partial charge in [-0.3, -0.25) is 0 Å². The number of hydrogen-bond acceptors (Lipinski definition) is 3. The van der Waals surface area contributed by atoms with Gasteiger partial charge in [-0.05, 0) is 48.4 Å². The number of benzene rings is 1. The Morgan fingerprint density at radius 3 is 2.48 bits per heavy atom. The van der Waals surface area contributed by atoms with E-state index in [-0.39, 0.29) is 16.6 Å². The van der Waals surface area contributed by atoms with E-state index in [1.54, 1.807) is 0 Å². The van der Waals surface area contributed by atoms with E-state index in [9.17, 15) is 9.18 Å². The molecule has 2 unspecified atom stereocenters. The molecular weight excluding hydrogens is 269 g/mol. The highest BCUT2D eigenvalue weighted by atomic mass is 19.1. The predicted molar refractivity (Wildman–Crippen MR) is 77.6 cm³/mol. The molecule has 4 heteroatoms. The van der Waals surface area contributed by atoms with Crippen molar-refractivity contribution in [3.63, 3.8) is 0 Å². The van der Waals surface area contributed by atoms with Crippen molar-refractivity contribution in [3.05, 3.63) is 47.4 Å². The number of hydrogen-bond donors (Lipinski definition) is 1. The average Bonchev–Trinajstić information content (AvgIpc) is 2.78. The van der Waals surface area contributed by atoms with E-state index in [1.807, 2.05) is 0 Å². The third-order valence-electron chi connectivity index (χ3n) is 5.60. The molecule has 0 amide bonds. The van der Waals surface area contributed by atoms with Crippen molar-refractivity contribution >= 4 is 5.97 Å². The molecule has 0 radical (unpaired) electrons. The number of rotatable bonds is 3. The van der Waals surface area contributed by atoms with Crippen molar-refractivity contribution in [1.29, 1.82) is 0 Å². The maximum atomic E-state index is 12.8. The first-order valence-electron chi connectivity index (χ1n) is 7.30. The predicted octanol–water partition coefficient (Wildman–Crippen LogP) is 3.83. The molecule has 112 valence electrons. The fourth-order valence-electron chi connectivity index (χ4n) is 3.59. The minimum absolute atomic E-state index is 0.0146. The molecule has 0 saturated heterocycles. The molecule has 0 aromatic heterocycles. The summed E-state index contributed by atoms with van der Waals surface area (Å²) in [7, 11) is 0. The zero-order valence-corrected chi connectivity index (χ0v) is 12.6. The summed E-state index contributed by atoms with van der Waals surface area (Å²) in [4.78, 5) is 17.1. The van der Waals surface area contributed by atoms with E-state index in [0.717, 1.165) is 12.1 Å². The normalized spacial score (nSPS) is 29.1. The lowest BCUT2D eigenvalue weighted by molar-refractivity contribution is 0.0238. The summed E-state index contributed by atoms with van der Waals surface area (Å²) in [5, 5.41) is 0. The molecule has 3 rings (SSSR count). The van der Waals surface area contributed by atoms with E-state index in [4.69, 9.17) is 4.84 Å². The Kier molecular flexibility index (Phi) is 3.08. The second-order valence-corrected chi connectivity index (χ2v) is 6.78. The van der Waals surface area contributed by atoms with Crippen molar-refractivity contribution in [2.75, 3.05) is 0 Å². The van der Waals surface area contributed by atoms with Gasteiger partial charge in [0.25, 0.3) is 0 Å². The van der Waals surface area contributed by atoms with Gasteiger partial charge in [0.1, 0.15) is 5.82 Å². The number of carbonyl (C=O) groups is 1. The van der Waals surface area contributed by atoms with Crippen molar-refractivity contribution in [1.82, 2.24) is 5.48 Å². The first-order chi connectivity index (χ1) is 9.84. The van der Waals surface area contributed by atoms with Crippen LogP contribution in [0, 0.1) is 22.6 Å². The van der Waals surface area contributed by atoms with E-state index in [2.05, 4.69) is 32.3 Å². The Labute approximate surface area is 124 Å². The highest BCUT2D eigenvalue weighted by Crippen LogP contribution is 2.64. The van der Waals surface area contributed by atoms with Gasteiger partial charge in [0.05, 0.1) is 11.3 Å². The van der Waals surface area contributed by atoms with Crippen LogP contribution in [0.2, 0.25) is 0 Å². The van der Waals surface area contributed by atoms with E-state index in [0.29, 0.717) is 11.5 Å². The third-order valence-corrected chi connectivity index (χ3v) is 5.60. The van der Waals surface area contributed by atoms with Gasteiger partial charge in [-0.1, -0.05) is 26.8 Å². The molecular formula is C17H20FNO2. The molecule has 2 aliphatic carbocycles. The van der Waals surface area contributed by atoms with Gasteiger partial charge in [0.15, 0.2) is 0 Å². The topological polar surface area (TPSA) is 38.3 Å². The standard InChI is InChI=1S/C17H20FNO2/c1-16(2)12-8-9-17(16,3)14(10-12)19-21-15(20)11-4-6-13(18)7-5-11/h4-7,10,12,19H,8-9H2,1-3H3. The first kappa shape index (κ1) is 14.1. The van der Waals surface area contributed by atoms with Crippen LogP contribution in [0.15, 0.2) is 36.0 Å². The number of nitrogens with one attached hydrogen (secondary N) is 1. The van der Waals surface area contributed by atoms with Gasteiger partial charge < -0.3 is 4.84 Å². The molecule has 0 aliphatic heterocycles. The number of halogens is 1. The van der Waals surface area contributed by atoms with Crippen LogP contribution in [0.5, 0.6) is 0 Å². The second-order valence-electron chi connectivity index (χ2n) is 6.78. The lowest BCUT2D eigenvalue weighted by Crippen LogP contribution is -2.35. The van der Waals surface area contributed by atoms with Gasteiger partial charge in [0.2, 0.25) is 0 Å². The molecule has 2 bridgehead atoms. The van der Waals surface area contributed by atoms with E-state index in [1.165, 1.54) is 30.7 Å². The molecule has 0 heterocycles. The molecule has 21 heavy (non-hydrogen) atoms. The molecule has 1 fully saturated rings. The summed E-state index contributed by atoms with van der Waals surface area (Å²) >= 11 is 0. The maximum Gasteiger partial charge on any atom is 0.362 e. The lowest BCUT2D eigenvalue weighted by Gasteiger charge is -2.37. The Bertz CT molecular complexity index is 606. The van der Waals surface area contributed by atoms with Crippen molar-refractivity contribution in [3.8, 4) is 0 Å². The van der Waals surface area contributed by atoms with E-state index >= 15 is 0 Å². The van der Waals surface area contributed by atoms with Gasteiger partial charge in [-0.15, -0.1) is 0 Å². The van der Waals surface area contributed by atoms with Crippen LogP contribution in [0.25, 0.3) is 0 Å². The molecule has 1 saturated carbocycles. The summed E-state index contributed by atoms with van der Waals surface area (Å²) in [5.41, 5.74) is 4.35. The fourth-order valence-corrected chi connectivity index (χ4v) is 3.59. The van der Waals surface area contributed by atoms with Crippen LogP contribution < -0.4 is 5.48 Å². The van der Waals surface area contributed by atoms with E-state index < -0.39 is 5.97 Å². The highest BCUT2D eigenvalue weighted by molar-refractivity contribution is 5.89. The van der Waals surface area contributed by atoms with Crippen molar-refractivity contribution < 1.29 is 14.0 Å². The van der Waals surface area contributed by atoms with Crippen LogP contribution in [-0.4, -0.2) is 5.97 Å². The summed E-state index contributed by atoms with van der Waals surface area (Å²) in [6.07, 6.45) is 4.46. The van der Waals surface area contributed by atoms with Gasteiger partial charge in [-0.2, -0.15) is 0 Å². The number of fused-ring (bicyclic) bond motifs is 2. The molecule has 2 atom stereocenters. The number of hydroxylamine groups is 1. The van der Waals surface area contributed by atoms with Gasteiger partial charge >= 0.3 is 5.97 Å². The molecule has 2 aliphatic rings. The average molecular weight is 289 g/mol. The van der Waals surface area contributed by atoms with Crippen LogP contribution >= 0.6 is 0 Å². The zero-order valence-electron chi connectivity index (χ0n) is 12.6. The number of allylic oxidation sites excluding steroid dienone is 2. The molecule has 1 aromatic carbocycles. The zero-order chi connectivity index (χ0) is 15.3. The maximum absolute atomic E-state index is 12.8. The van der Waals surface area contributed by atoms with Crippen LogP contribution in [0.1, 0.15) is 44.0 Å². The Hall–Kier alpha value is -1.84. The van der Waals surface area contributed by atoms with Crippen molar-refractivity contribution in [2.24, 2.45) is 16.7 Å². The van der Waals surface area contributed by atoms with Gasteiger partial charge in [-0.25, -0.2) is 14.7 Å². The third kappa shape index (κ3) is 2.04. The van der Waals surface area contributed by atoms with Crippen LogP contribution in [0.4, 0.5) is 4.39 Å².